The second-order valence-corrected chi connectivity index (χ2v) is 12.5. The molecule has 0 aliphatic carbocycles. The molecule has 0 amide bonds. The van der Waals surface area contributed by atoms with Crippen molar-refractivity contribution >= 4 is 43.3 Å². The number of fused-ring (bicyclic) bond motifs is 1. The molecule has 10 nitrogen and oxygen atoms in total. The number of rotatable bonds is 14. The number of hydrogen-bond acceptors (Lipinski definition) is 7. The molecule has 2 aromatic rings. The third-order valence-corrected chi connectivity index (χ3v) is 8.29. The Balaban J connectivity index is 2.02. The van der Waals surface area contributed by atoms with E-state index in [0.29, 0.717) is 24.1 Å². The van der Waals surface area contributed by atoms with Crippen LogP contribution in [0.15, 0.2) is 77.9 Å². The molecule has 2 aromatic carbocycles. The summed E-state index contributed by atoms with van der Waals surface area (Å²) in [6.45, 7) is 4.13. The van der Waals surface area contributed by atoms with Crippen molar-refractivity contribution < 1.29 is 40.0 Å². The highest BCUT2D eigenvalue weighted by Gasteiger charge is 2.47. The van der Waals surface area contributed by atoms with Crippen molar-refractivity contribution in [3.63, 3.8) is 0 Å². The predicted molar refractivity (Wildman–Crippen MR) is 153 cm³/mol. The van der Waals surface area contributed by atoms with Gasteiger partial charge in [0.25, 0.3) is 20.2 Å². The molecule has 0 saturated carbocycles. The van der Waals surface area contributed by atoms with Gasteiger partial charge >= 0.3 is 5.97 Å². The normalized spacial score (nSPS) is 17.5. The van der Waals surface area contributed by atoms with Gasteiger partial charge < -0.3 is 10.1 Å². The van der Waals surface area contributed by atoms with E-state index in [1.54, 1.807) is 31.3 Å². The SMILES string of the molecule is CCOC(=O)CCCC1(C)C(C=CC=CNc2ccccc2)=[N+](CCCS(=O)(=O)O)c2ccc(S(=O)(=O)O)cc21. The van der Waals surface area contributed by atoms with Gasteiger partial charge in [-0.15, -0.1) is 0 Å². The second kappa shape index (κ2) is 13.4. The van der Waals surface area contributed by atoms with Gasteiger partial charge in [-0.25, -0.2) is 0 Å². The van der Waals surface area contributed by atoms with Crippen LogP contribution in [0.4, 0.5) is 11.4 Å². The molecule has 0 aromatic heterocycles. The van der Waals surface area contributed by atoms with Crippen molar-refractivity contribution in [1.29, 1.82) is 0 Å². The van der Waals surface area contributed by atoms with E-state index in [0.717, 1.165) is 11.4 Å². The summed E-state index contributed by atoms with van der Waals surface area (Å²) in [7, 11) is -8.67. The summed E-state index contributed by atoms with van der Waals surface area (Å²) in [6, 6.07) is 13.8. The van der Waals surface area contributed by atoms with Crippen LogP contribution in [-0.4, -0.2) is 61.1 Å². The zero-order valence-electron chi connectivity index (χ0n) is 22.5. The van der Waals surface area contributed by atoms with Crippen molar-refractivity contribution in [2.45, 2.75) is 49.8 Å². The van der Waals surface area contributed by atoms with Crippen LogP contribution in [0.1, 0.15) is 45.1 Å². The molecular weight excluding hydrogens is 556 g/mol. The van der Waals surface area contributed by atoms with E-state index in [1.165, 1.54) is 12.1 Å². The molecule has 3 rings (SSSR count). The maximum absolute atomic E-state index is 12.0. The molecule has 1 aliphatic heterocycles. The largest absolute Gasteiger partial charge is 0.466 e. The summed E-state index contributed by atoms with van der Waals surface area (Å²) >= 11 is 0. The number of para-hydroxylation sites is 1. The van der Waals surface area contributed by atoms with Gasteiger partial charge in [-0.3, -0.25) is 13.9 Å². The molecule has 0 bridgehead atoms. The quantitative estimate of drug-likeness (QED) is 0.125. The number of esters is 1. The van der Waals surface area contributed by atoms with E-state index >= 15 is 0 Å². The third kappa shape index (κ3) is 8.34. The number of benzene rings is 2. The Hall–Kier alpha value is -3.32. The van der Waals surface area contributed by atoms with Crippen molar-refractivity contribution in [2.75, 3.05) is 24.2 Å². The number of nitrogens with zero attached hydrogens (tertiary/aromatic N) is 1. The first-order chi connectivity index (χ1) is 18.8. The van der Waals surface area contributed by atoms with E-state index < -0.39 is 31.4 Å². The summed E-state index contributed by atoms with van der Waals surface area (Å²) in [4.78, 5) is 11.8. The Kier molecular flexibility index (Phi) is 10.4. The van der Waals surface area contributed by atoms with Crippen LogP contribution < -0.4 is 5.32 Å². The molecule has 0 saturated heterocycles. The van der Waals surface area contributed by atoms with Crippen LogP contribution in [0.3, 0.4) is 0 Å². The predicted octanol–water partition coefficient (Wildman–Crippen LogP) is 4.48. The van der Waals surface area contributed by atoms with E-state index in [-0.39, 0.29) is 36.9 Å². The maximum Gasteiger partial charge on any atom is 0.305 e. The first-order valence-corrected chi connectivity index (χ1v) is 15.9. The zero-order valence-corrected chi connectivity index (χ0v) is 24.1. The Morgan fingerprint density at radius 2 is 1.77 bits per heavy atom. The number of ether oxygens (including phenoxy) is 1. The zero-order chi connectivity index (χ0) is 29.4. The molecule has 1 heterocycles. The second-order valence-electron chi connectivity index (χ2n) is 9.55. The van der Waals surface area contributed by atoms with Crippen molar-refractivity contribution in [2.24, 2.45) is 0 Å². The fraction of sp³-hybridized carbons (Fsp3) is 0.357. The fourth-order valence-corrected chi connectivity index (χ4v) is 5.80. The standard InChI is InChI=1S/C28H34N2O8S2/c1-3-38-27(31)14-9-17-28(2)24-21-23(40(35,36)37)15-16-25(24)30(19-10-20-39(32,33)34)26(28)13-7-8-18-29-22-11-5-4-6-12-22/h4-8,11-13,15-16,18,21H,3,9-10,14,17,19-20H2,1-2H3,(H2,32,33,34,35,36,37)/p+1. The Bertz CT molecular complexity index is 1510. The van der Waals surface area contributed by atoms with Crippen LogP contribution >= 0.6 is 0 Å². The number of nitrogens with one attached hydrogen (secondary N) is 1. The molecule has 1 aliphatic rings. The van der Waals surface area contributed by atoms with Crippen LogP contribution in [0, 0.1) is 0 Å². The molecule has 1 atom stereocenters. The molecule has 0 fully saturated rings. The number of anilines is 1. The lowest BCUT2D eigenvalue weighted by molar-refractivity contribution is -0.437. The average molecular weight is 592 g/mol. The van der Waals surface area contributed by atoms with Gasteiger partial charge in [0, 0.05) is 42.4 Å². The maximum atomic E-state index is 12.0. The summed E-state index contributed by atoms with van der Waals surface area (Å²) < 4.78 is 72.7. The minimum Gasteiger partial charge on any atom is -0.466 e. The smallest absolute Gasteiger partial charge is 0.305 e. The van der Waals surface area contributed by atoms with E-state index in [1.807, 2.05) is 47.9 Å². The molecular formula is C28H35N2O8S2+. The lowest BCUT2D eigenvalue weighted by atomic mass is 9.75. The minimum atomic E-state index is -4.49. The topological polar surface area (TPSA) is 150 Å². The average Bonchev–Trinajstić information content (AvgIpc) is 3.10. The molecule has 40 heavy (non-hydrogen) atoms. The Labute approximate surface area is 235 Å². The van der Waals surface area contributed by atoms with Crippen LogP contribution in [0.5, 0.6) is 0 Å². The van der Waals surface area contributed by atoms with Crippen molar-refractivity contribution in [3.8, 4) is 0 Å². The number of carbonyl (C=O) groups excluding carboxylic acids is 1. The van der Waals surface area contributed by atoms with Gasteiger partial charge in [0.05, 0.1) is 22.7 Å². The van der Waals surface area contributed by atoms with Crippen LogP contribution in [-0.2, 0) is 35.2 Å². The van der Waals surface area contributed by atoms with Gasteiger partial charge in [0.1, 0.15) is 6.54 Å². The molecule has 3 N–H and O–H groups in total. The number of carbonyl (C=O) groups is 1. The summed E-state index contributed by atoms with van der Waals surface area (Å²) in [5.41, 5.74) is 2.12. The minimum absolute atomic E-state index is 0.111. The van der Waals surface area contributed by atoms with Gasteiger partial charge in [0.2, 0.25) is 5.69 Å². The lowest BCUT2D eigenvalue weighted by Crippen LogP contribution is -2.32. The monoisotopic (exact) mass is 591 g/mol. The highest BCUT2D eigenvalue weighted by Crippen LogP contribution is 2.44. The van der Waals surface area contributed by atoms with E-state index in [9.17, 15) is 30.7 Å². The highest BCUT2D eigenvalue weighted by atomic mass is 32.2. The molecule has 0 radical (unpaired) electrons. The van der Waals surface area contributed by atoms with Crippen molar-refractivity contribution in [1.82, 2.24) is 0 Å². The summed E-state index contributed by atoms with van der Waals surface area (Å²) in [5.74, 6) is -0.785. The first kappa shape index (κ1) is 31.2. The van der Waals surface area contributed by atoms with Gasteiger partial charge in [-0.1, -0.05) is 24.3 Å². The van der Waals surface area contributed by atoms with Gasteiger partial charge in [0.15, 0.2) is 5.71 Å². The fourth-order valence-electron chi connectivity index (χ4n) is 4.80. The van der Waals surface area contributed by atoms with Gasteiger partial charge in [-0.05, 0) is 57.0 Å². The van der Waals surface area contributed by atoms with Crippen LogP contribution in [0.2, 0.25) is 0 Å². The van der Waals surface area contributed by atoms with E-state index in [4.69, 9.17) is 4.74 Å². The highest BCUT2D eigenvalue weighted by molar-refractivity contribution is 7.86. The first-order valence-electron chi connectivity index (χ1n) is 12.9. The van der Waals surface area contributed by atoms with Crippen molar-refractivity contribution in [3.05, 3.63) is 78.5 Å². The van der Waals surface area contributed by atoms with Gasteiger partial charge in [-0.2, -0.15) is 21.4 Å². The summed E-state index contributed by atoms with van der Waals surface area (Å²) in [5, 5.41) is 3.16. The molecule has 12 heteroatoms. The van der Waals surface area contributed by atoms with E-state index in [2.05, 4.69) is 5.32 Å². The lowest BCUT2D eigenvalue weighted by Gasteiger charge is -2.22. The summed E-state index contributed by atoms with van der Waals surface area (Å²) in [6.07, 6.45) is 8.36. The number of allylic oxidation sites excluding steroid dienone is 3. The Morgan fingerprint density at radius 1 is 1.05 bits per heavy atom. The molecule has 1 unspecified atom stereocenters. The Morgan fingerprint density at radius 3 is 2.42 bits per heavy atom. The van der Waals surface area contributed by atoms with Crippen LogP contribution in [0.25, 0.3) is 0 Å². The third-order valence-electron chi connectivity index (χ3n) is 6.64. The number of hydrogen-bond donors (Lipinski definition) is 3. The molecule has 216 valence electrons. The molecule has 0 spiro atoms.